The topological polar surface area (TPSA) is 74.6 Å². The summed E-state index contributed by atoms with van der Waals surface area (Å²) in [6, 6.07) is 0. The molecule has 1 unspecified atom stereocenters. The van der Waals surface area contributed by atoms with Crippen molar-refractivity contribution in [1.82, 2.24) is 15.0 Å². The molecule has 1 aromatic heterocycles. The van der Waals surface area contributed by atoms with E-state index in [1.165, 1.54) is 7.11 Å². The summed E-state index contributed by atoms with van der Waals surface area (Å²) in [5, 5.41) is 0. The van der Waals surface area contributed by atoms with Crippen LogP contribution in [0.1, 0.15) is 12.2 Å². The SMILES string of the molecule is COC(=O)COC1(c2nc(Br)cn2C)CCONC1. The minimum Gasteiger partial charge on any atom is -0.467 e. The third-order valence-electron chi connectivity index (χ3n) is 3.02. The van der Waals surface area contributed by atoms with E-state index in [9.17, 15) is 4.79 Å². The van der Waals surface area contributed by atoms with Gasteiger partial charge in [0.05, 0.1) is 20.3 Å². The van der Waals surface area contributed by atoms with E-state index in [0.29, 0.717) is 19.6 Å². The third-order valence-corrected chi connectivity index (χ3v) is 3.40. The molecule has 1 aromatic rings. The Labute approximate surface area is 119 Å². The highest BCUT2D eigenvalue weighted by molar-refractivity contribution is 9.10. The van der Waals surface area contributed by atoms with Crippen LogP contribution in [0.2, 0.25) is 0 Å². The van der Waals surface area contributed by atoms with Crippen molar-refractivity contribution in [1.29, 1.82) is 0 Å². The number of hydrogen-bond acceptors (Lipinski definition) is 6. The zero-order chi connectivity index (χ0) is 13.9. The Hall–Kier alpha value is -0.960. The van der Waals surface area contributed by atoms with E-state index in [1.54, 1.807) is 0 Å². The number of aromatic nitrogens is 2. The molecule has 0 amide bonds. The molecule has 106 valence electrons. The molecule has 0 bridgehead atoms. The van der Waals surface area contributed by atoms with E-state index in [2.05, 4.69) is 31.1 Å². The van der Waals surface area contributed by atoms with Crippen LogP contribution in [-0.4, -0.2) is 42.4 Å². The molecule has 0 saturated carbocycles. The van der Waals surface area contributed by atoms with Gasteiger partial charge in [0, 0.05) is 19.7 Å². The standard InChI is InChI=1S/C11H16BrN3O4/c1-15-5-8(12)14-10(15)11(3-4-19-13-7-11)18-6-9(16)17-2/h5,13H,3-4,6-7H2,1-2H3. The lowest BCUT2D eigenvalue weighted by molar-refractivity contribution is -0.169. The van der Waals surface area contributed by atoms with Crippen LogP contribution in [0.3, 0.4) is 0 Å². The van der Waals surface area contributed by atoms with E-state index in [-0.39, 0.29) is 6.61 Å². The molecule has 1 N–H and O–H groups in total. The lowest BCUT2D eigenvalue weighted by Gasteiger charge is -2.36. The Bertz CT molecular complexity index is 457. The number of nitrogens with zero attached hydrogens (tertiary/aromatic N) is 2. The van der Waals surface area contributed by atoms with E-state index >= 15 is 0 Å². The Balaban J connectivity index is 2.23. The van der Waals surface area contributed by atoms with Gasteiger partial charge in [-0.25, -0.2) is 9.78 Å². The molecular formula is C11H16BrN3O4. The quantitative estimate of drug-likeness (QED) is 0.808. The highest BCUT2D eigenvalue weighted by atomic mass is 79.9. The van der Waals surface area contributed by atoms with Gasteiger partial charge in [-0.2, -0.15) is 5.48 Å². The number of imidazole rings is 1. The van der Waals surface area contributed by atoms with Gasteiger partial charge in [0.2, 0.25) is 0 Å². The maximum Gasteiger partial charge on any atom is 0.331 e. The van der Waals surface area contributed by atoms with Crippen molar-refractivity contribution >= 4 is 21.9 Å². The van der Waals surface area contributed by atoms with Gasteiger partial charge in [-0.1, -0.05) is 0 Å². The number of hydroxylamine groups is 1. The highest BCUT2D eigenvalue weighted by Crippen LogP contribution is 2.31. The summed E-state index contributed by atoms with van der Waals surface area (Å²) in [7, 11) is 3.21. The summed E-state index contributed by atoms with van der Waals surface area (Å²) in [4.78, 5) is 20.8. The third kappa shape index (κ3) is 3.14. The van der Waals surface area contributed by atoms with Gasteiger partial charge in [-0.3, -0.25) is 0 Å². The maximum absolute atomic E-state index is 11.3. The minimum absolute atomic E-state index is 0.122. The number of aryl methyl sites for hydroxylation is 1. The molecule has 0 aromatic carbocycles. The van der Waals surface area contributed by atoms with Gasteiger partial charge < -0.3 is 18.9 Å². The molecule has 7 nitrogen and oxygen atoms in total. The van der Waals surface area contributed by atoms with Crippen molar-refractivity contribution in [2.24, 2.45) is 7.05 Å². The van der Waals surface area contributed by atoms with E-state index < -0.39 is 11.6 Å². The molecule has 0 aliphatic carbocycles. The van der Waals surface area contributed by atoms with E-state index in [4.69, 9.17) is 9.57 Å². The first kappa shape index (κ1) is 14.4. The summed E-state index contributed by atoms with van der Waals surface area (Å²) in [5.41, 5.74) is 2.11. The Morgan fingerprint density at radius 3 is 3.05 bits per heavy atom. The first-order chi connectivity index (χ1) is 9.07. The van der Waals surface area contributed by atoms with Crippen molar-refractivity contribution in [2.75, 3.05) is 26.9 Å². The Morgan fingerprint density at radius 1 is 1.74 bits per heavy atom. The second-order valence-electron chi connectivity index (χ2n) is 4.28. The summed E-state index contributed by atoms with van der Waals surface area (Å²) in [6.07, 6.45) is 2.45. The van der Waals surface area contributed by atoms with Crippen molar-refractivity contribution in [3.05, 3.63) is 16.6 Å². The molecule has 2 heterocycles. The van der Waals surface area contributed by atoms with Crippen LogP contribution in [0.25, 0.3) is 0 Å². The molecule has 0 radical (unpaired) electrons. The highest BCUT2D eigenvalue weighted by Gasteiger charge is 2.40. The van der Waals surface area contributed by atoms with Crippen LogP contribution >= 0.6 is 15.9 Å². The first-order valence-corrected chi connectivity index (χ1v) is 6.61. The van der Waals surface area contributed by atoms with Crippen molar-refractivity contribution in [3.8, 4) is 0 Å². The second kappa shape index (κ2) is 6.00. The fourth-order valence-corrected chi connectivity index (χ4v) is 2.51. The fourth-order valence-electron chi connectivity index (χ4n) is 2.03. The second-order valence-corrected chi connectivity index (χ2v) is 5.09. The minimum atomic E-state index is -0.701. The predicted octanol–water partition coefficient (Wildman–Crippen LogP) is 0.492. The molecule has 1 atom stereocenters. The molecule has 1 fully saturated rings. The maximum atomic E-state index is 11.3. The Morgan fingerprint density at radius 2 is 2.53 bits per heavy atom. The van der Waals surface area contributed by atoms with Gasteiger partial charge in [-0.05, 0) is 15.9 Å². The molecule has 8 heteroatoms. The molecule has 1 aliphatic heterocycles. The zero-order valence-electron chi connectivity index (χ0n) is 10.8. The van der Waals surface area contributed by atoms with Crippen LogP contribution in [0.5, 0.6) is 0 Å². The molecule has 19 heavy (non-hydrogen) atoms. The summed E-state index contributed by atoms with van der Waals surface area (Å²) >= 11 is 3.34. The molecule has 0 spiro atoms. The number of carbonyl (C=O) groups is 1. The van der Waals surface area contributed by atoms with Gasteiger partial charge in [-0.15, -0.1) is 0 Å². The number of hydrogen-bond donors (Lipinski definition) is 1. The van der Waals surface area contributed by atoms with Crippen LogP contribution < -0.4 is 5.48 Å². The summed E-state index contributed by atoms with van der Waals surface area (Å²) in [5.74, 6) is 0.318. The number of halogens is 1. The summed E-state index contributed by atoms with van der Waals surface area (Å²) in [6.45, 7) is 0.773. The van der Waals surface area contributed by atoms with Gasteiger partial charge >= 0.3 is 5.97 Å². The van der Waals surface area contributed by atoms with Gasteiger partial charge in [0.1, 0.15) is 22.6 Å². The Kier molecular flexibility index (Phi) is 4.56. The monoisotopic (exact) mass is 333 g/mol. The molecule has 2 rings (SSSR count). The van der Waals surface area contributed by atoms with Crippen molar-refractivity contribution in [3.63, 3.8) is 0 Å². The zero-order valence-corrected chi connectivity index (χ0v) is 12.4. The van der Waals surface area contributed by atoms with E-state index in [0.717, 1.165) is 10.4 Å². The largest absolute Gasteiger partial charge is 0.467 e. The average Bonchev–Trinajstić information content (AvgIpc) is 2.76. The van der Waals surface area contributed by atoms with Crippen molar-refractivity contribution in [2.45, 2.75) is 12.0 Å². The van der Waals surface area contributed by atoms with Gasteiger partial charge in [0.15, 0.2) is 0 Å². The van der Waals surface area contributed by atoms with Crippen LogP contribution in [0.15, 0.2) is 10.8 Å². The molecular weight excluding hydrogens is 318 g/mol. The number of carbonyl (C=O) groups excluding carboxylic acids is 1. The average molecular weight is 334 g/mol. The summed E-state index contributed by atoms with van der Waals surface area (Å²) < 4.78 is 13.0. The number of ether oxygens (including phenoxy) is 2. The number of methoxy groups -OCH3 is 1. The van der Waals surface area contributed by atoms with Crippen LogP contribution in [0, 0.1) is 0 Å². The first-order valence-electron chi connectivity index (χ1n) is 5.82. The smallest absolute Gasteiger partial charge is 0.331 e. The van der Waals surface area contributed by atoms with Crippen LogP contribution in [0.4, 0.5) is 0 Å². The lowest BCUT2D eigenvalue weighted by atomic mass is 9.98. The number of esters is 1. The number of nitrogens with one attached hydrogen (secondary N) is 1. The van der Waals surface area contributed by atoms with Crippen molar-refractivity contribution < 1.29 is 19.1 Å². The fraction of sp³-hybridized carbons (Fsp3) is 0.636. The predicted molar refractivity (Wildman–Crippen MR) is 69.1 cm³/mol. The normalized spacial score (nSPS) is 23.3. The lowest BCUT2D eigenvalue weighted by Crippen LogP contribution is -2.48. The molecule has 1 aliphatic rings. The van der Waals surface area contributed by atoms with Crippen LogP contribution in [-0.2, 0) is 31.8 Å². The van der Waals surface area contributed by atoms with E-state index in [1.807, 2.05) is 17.8 Å². The van der Waals surface area contributed by atoms with Gasteiger partial charge in [0.25, 0.3) is 0 Å². The number of rotatable bonds is 4. The molecule has 1 saturated heterocycles.